The second-order valence-electron chi connectivity index (χ2n) is 6.94. The minimum atomic E-state index is -0.451. The number of aromatic nitrogens is 1. The number of thiol groups is 1. The standard InChI is InChI=1S/C21H28N4O5S/c1-14-18(21(26)30-5)13-19(20(22-14)29-4)25(31)24-8-6-23(7-9-24)15-10-16(27-2)12-17(11-15)28-3/h10-13,31H,6-9H2,1-5H3. The van der Waals surface area contributed by atoms with Gasteiger partial charge in [-0.1, -0.05) is 0 Å². The number of methoxy groups -OCH3 is 4. The Labute approximate surface area is 188 Å². The highest BCUT2D eigenvalue weighted by molar-refractivity contribution is 7.81. The van der Waals surface area contributed by atoms with Crippen molar-refractivity contribution in [2.75, 3.05) is 63.9 Å². The van der Waals surface area contributed by atoms with Gasteiger partial charge in [0.05, 0.1) is 39.7 Å². The quantitative estimate of drug-likeness (QED) is 0.508. The number of hydrazine groups is 1. The van der Waals surface area contributed by atoms with E-state index in [1.165, 1.54) is 7.11 Å². The lowest BCUT2D eigenvalue weighted by molar-refractivity contribution is 0.0599. The van der Waals surface area contributed by atoms with E-state index in [0.29, 0.717) is 35.9 Å². The normalized spacial score (nSPS) is 14.2. The molecule has 168 valence electrons. The lowest BCUT2D eigenvalue weighted by Gasteiger charge is -2.40. The molecule has 0 unspecified atom stereocenters. The number of esters is 1. The molecular formula is C21H28N4O5S. The Hall–Kier alpha value is -2.85. The van der Waals surface area contributed by atoms with Gasteiger partial charge in [-0.25, -0.2) is 19.2 Å². The number of carbonyl (C=O) groups excluding carboxylic acids is 1. The van der Waals surface area contributed by atoms with Gasteiger partial charge in [0, 0.05) is 50.1 Å². The fraction of sp³-hybridized carbons (Fsp3) is 0.429. The molecule has 0 spiro atoms. The highest BCUT2D eigenvalue weighted by Gasteiger charge is 2.26. The van der Waals surface area contributed by atoms with E-state index in [1.54, 1.807) is 38.7 Å². The molecule has 0 bridgehead atoms. The van der Waals surface area contributed by atoms with E-state index < -0.39 is 5.97 Å². The van der Waals surface area contributed by atoms with Gasteiger partial charge in [-0.15, -0.1) is 0 Å². The van der Waals surface area contributed by atoms with Crippen molar-refractivity contribution in [1.82, 2.24) is 9.99 Å². The summed E-state index contributed by atoms with van der Waals surface area (Å²) >= 11 is 4.67. The summed E-state index contributed by atoms with van der Waals surface area (Å²) in [6.07, 6.45) is 0. The Morgan fingerprint density at radius 3 is 2.10 bits per heavy atom. The Bertz CT molecular complexity index is 912. The molecule has 10 heteroatoms. The maximum atomic E-state index is 12.1. The summed E-state index contributed by atoms with van der Waals surface area (Å²) in [5.74, 6) is 1.43. The monoisotopic (exact) mass is 448 g/mol. The van der Waals surface area contributed by atoms with Crippen molar-refractivity contribution in [3.8, 4) is 17.4 Å². The summed E-state index contributed by atoms with van der Waals surface area (Å²) in [5.41, 5.74) is 2.52. The second-order valence-corrected chi connectivity index (χ2v) is 7.32. The van der Waals surface area contributed by atoms with E-state index in [0.717, 1.165) is 30.3 Å². The SMILES string of the molecule is COC(=O)c1cc(N(S)N2CCN(c3cc(OC)cc(OC)c3)CC2)c(OC)nc1C. The van der Waals surface area contributed by atoms with Crippen molar-refractivity contribution >= 4 is 30.2 Å². The molecule has 2 aromatic rings. The van der Waals surface area contributed by atoms with Crippen LogP contribution < -0.4 is 23.5 Å². The van der Waals surface area contributed by atoms with Crippen LogP contribution in [0, 0.1) is 6.92 Å². The molecule has 1 aliphatic heterocycles. The fourth-order valence-corrected chi connectivity index (χ4v) is 3.78. The summed E-state index contributed by atoms with van der Waals surface area (Å²) in [7, 11) is 6.16. The van der Waals surface area contributed by atoms with Crippen LogP contribution in [0.5, 0.6) is 17.4 Å². The van der Waals surface area contributed by atoms with Crippen LogP contribution in [-0.4, -0.2) is 70.6 Å². The van der Waals surface area contributed by atoms with Crippen LogP contribution in [-0.2, 0) is 4.74 Å². The molecule has 9 nitrogen and oxygen atoms in total. The maximum Gasteiger partial charge on any atom is 0.339 e. The first-order valence-corrected chi connectivity index (χ1v) is 10.2. The summed E-state index contributed by atoms with van der Waals surface area (Å²) < 4.78 is 22.7. The zero-order chi connectivity index (χ0) is 22.5. The van der Waals surface area contributed by atoms with E-state index >= 15 is 0 Å². The second kappa shape index (κ2) is 9.97. The third kappa shape index (κ3) is 4.91. The first-order chi connectivity index (χ1) is 14.9. The van der Waals surface area contributed by atoms with E-state index in [2.05, 4.69) is 27.7 Å². The summed E-state index contributed by atoms with van der Waals surface area (Å²) in [5, 5.41) is 2.06. The molecule has 1 saturated heterocycles. The van der Waals surface area contributed by atoms with Crippen molar-refractivity contribution in [2.24, 2.45) is 0 Å². The van der Waals surface area contributed by atoms with Gasteiger partial charge in [0.15, 0.2) is 0 Å². The van der Waals surface area contributed by atoms with E-state index in [9.17, 15) is 4.79 Å². The molecule has 31 heavy (non-hydrogen) atoms. The largest absolute Gasteiger partial charge is 0.497 e. The number of piperazine rings is 1. The Morgan fingerprint density at radius 2 is 1.58 bits per heavy atom. The molecule has 0 N–H and O–H groups in total. The van der Waals surface area contributed by atoms with Crippen molar-refractivity contribution in [1.29, 1.82) is 0 Å². The first kappa shape index (κ1) is 22.8. The van der Waals surface area contributed by atoms with Crippen LogP contribution >= 0.6 is 12.8 Å². The molecule has 2 heterocycles. The molecule has 0 saturated carbocycles. The molecule has 0 atom stereocenters. The highest BCUT2D eigenvalue weighted by Crippen LogP contribution is 2.33. The van der Waals surface area contributed by atoms with Crippen LogP contribution in [0.3, 0.4) is 0 Å². The molecule has 3 rings (SSSR count). The van der Waals surface area contributed by atoms with Crippen LogP contribution in [0.2, 0.25) is 0 Å². The van der Waals surface area contributed by atoms with E-state index in [1.807, 2.05) is 18.2 Å². The van der Waals surface area contributed by atoms with Gasteiger partial charge in [-0.3, -0.25) is 0 Å². The topological polar surface area (TPSA) is 76.6 Å². The number of benzene rings is 1. The number of nitrogens with zero attached hydrogens (tertiary/aromatic N) is 4. The van der Waals surface area contributed by atoms with Gasteiger partial charge in [-0.05, 0) is 25.8 Å². The number of hydrogen-bond donors (Lipinski definition) is 1. The smallest absolute Gasteiger partial charge is 0.339 e. The molecule has 0 aliphatic carbocycles. The van der Waals surface area contributed by atoms with Crippen molar-refractivity contribution in [3.05, 3.63) is 35.5 Å². The zero-order valence-corrected chi connectivity index (χ0v) is 19.3. The van der Waals surface area contributed by atoms with Crippen LogP contribution in [0.25, 0.3) is 0 Å². The summed E-state index contributed by atoms with van der Waals surface area (Å²) in [4.78, 5) is 18.8. The summed E-state index contributed by atoms with van der Waals surface area (Å²) in [6.45, 7) is 4.67. The Kier molecular flexibility index (Phi) is 7.34. The molecule has 0 amide bonds. The van der Waals surface area contributed by atoms with Crippen LogP contribution in [0.15, 0.2) is 24.3 Å². The maximum absolute atomic E-state index is 12.1. The number of pyridine rings is 1. The lowest BCUT2D eigenvalue weighted by Crippen LogP contribution is -2.51. The number of carbonyl (C=O) groups is 1. The Morgan fingerprint density at radius 1 is 0.968 bits per heavy atom. The van der Waals surface area contributed by atoms with Crippen LogP contribution in [0.1, 0.15) is 16.1 Å². The number of anilines is 2. The molecule has 0 radical (unpaired) electrons. The van der Waals surface area contributed by atoms with E-state index in [4.69, 9.17) is 18.9 Å². The molecule has 1 fully saturated rings. The minimum absolute atomic E-state index is 0.375. The van der Waals surface area contributed by atoms with Crippen molar-refractivity contribution in [2.45, 2.75) is 6.92 Å². The average Bonchev–Trinajstić information content (AvgIpc) is 2.82. The first-order valence-electron chi connectivity index (χ1n) is 9.77. The predicted octanol–water partition coefficient (Wildman–Crippen LogP) is 2.59. The van der Waals surface area contributed by atoms with Gasteiger partial charge in [-0.2, -0.15) is 0 Å². The van der Waals surface area contributed by atoms with Crippen LogP contribution in [0.4, 0.5) is 11.4 Å². The lowest BCUT2D eigenvalue weighted by atomic mass is 10.2. The van der Waals surface area contributed by atoms with Crippen molar-refractivity contribution in [3.63, 3.8) is 0 Å². The molecular weight excluding hydrogens is 420 g/mol. The van der Waals surface area contributed by atoms with Gasteiger partial charge < -0.3 is 23.8 Å². The molecule has 1 aromatic heterocycles. The van der Waals surface area contributed by atoms with Gasteiger partial charge in [0.2, 0.25) is 5.88 Å². The highest BCUT2D eigenvalue weighted by atomic mass is 32.1. The van der Waals surface area contributed by atoms with Gasteiger partial charge in [0.25, 0.3) is 0 Å². The number of rotatable bonds is 7. The number of ether oxygens (including phenoxy) is 4. The minimum Gasteiger partial charge on any atom is -0.497 e. The zero-order valence-electron chi connectivity index (χ0n) is 18.4. The molecule has 1 aromatic carbocycles. The Balaban J connectivity index is 1.77. The predicted molar refractivity (Wildman–Crippen MR) is 122 cm³/mol. The number of hydrogen-bond acceptors (Lipinski definition) is 10. The van der Waals surface area contributed by atoms with Gasteiger partial charge in [0.1, 0.15) is 17.2 Å². The fourth-order valence-electron chi connectivity index (χ4n) is 3.45. The summed E-state index contributed by atoms with van der Waals surface area (Å²) in [6, 6.07) is 7.53. The average molecular weight is 449 g/mol. The molecule has 1 aliphatic rings. The third-order valence-corrected chi connectivity index (χ3v) is 5.67. The van der Waals surface area contributed by atoms with E-state index in [-0.39, 0.29) is 0 Å². The number of aryl methyl sites for hydroxylation is 1. The van der Waals surface area contributed by atoms with Gasteiger partial charge >= 0.3 is 5.97 Å². The third-order valence-electron chi connectivity index (χ3n) is 5.20. The van der Waals surface area contributed by atoms with Crippen molar-refractivity contribution < 1.29 is 23.7 Å².